The number of benzene rings is 2. The van der Waals surface area contributed by atoms with Crippen LogP contribution >= 0.6 is 11.6 Å². The van der Waals surface area contributed by atoms with Crippen LogP contribution in [0.15, 0.2) is 30.3 Å². The zero-order valence-corrected chi connectivity index (χ0v) is 18.0. The molecule has 2 aromatic rings. The topological polar surface area (TPSA) is 68.5 Å². The number of carbonyl (C=O) groups is 1. The molecular weight excluding hydrogens is 389 g/mol. The summed E-state index contributed by atoms with van der Waals surface area (Å²) in [5.74, 6) is 0.994. The molecule has 1 fully saturated rings. The molecule has 1 aliphatic rings. The Hall–Kier alpha value is -2.33. The third-order valence-corrected chi connectivity index (χ3v) is 5.89. The molecule has 0 spiro atoms. The van der Waals surface area contributed by atoms with E-state index < -0.39 is 18.3 Å². The quantitative estimate of drug-likeness (QED) is 0.528. The molecule has 0 N–H and O–H groups in total. The van der Waals surface area contributed by atoms with Crippen molar-refractivity contribution in [1.29, 1.82) is 5.26 Å². The lowest BCUT2D eigenvalue weighted by Crippen LogP contribution is -2.41. The van der Waals surface area contributed by atoms with E-state index in [1.807, 2.05) is 40.7 Å². The summed E-state index contributed by atoms with van der Waals surface area (Å²) in [5.41, 5.74) is 1.37. The molecule has 1 saturated heterocycles. The van der Waals surface area contributed by atoms with Gasteiger partial charge in [0.05, 0.1) is 27.9 Å². The van der Waals surface area contributed by atoms with Gasteiger partial charge in [0.15, 0.2) is 0 Å². The van der Waals surface area contributed by atoms with Gasteiger partial charge in [-0.3, -0.25) is 4.79 Å². The Morgan fingerprint density at radius 2 is 1.76 bits per heavy atom. The standard InChI is InChI=1S/C22H23BClNO4/c1-6-16-18(27-19-9-7-14(12-25)11-17(19)24)10-8-15(13-26)20(16)23-28-21(2,3)22(4,5)29-23/h7-11,13H,6H2,1-5H3. The van der Waals surface area contributed by atoms with Crippen LogP contribution in [0, 0.1) is 11.3 Å². The summed E-state index contributed by atoms with van der Waals surface area (Å²) >= 11 is 6.27. The minimum atomic E-state index is -0.685. The van der Waals surface area contributed by atoms with Crippen molar-refractivity contribution >= 4 is 30.5 Å². The molecule has 0 aliphatic carbocycles. The third-order valence-electron chi connectivity index (χ3n) is 5.60. The number of hydrogen-bond donors (Lipinski definition) is 0. The van der Waals surface area contributed by atoms with Crippen molar-refractivity contribution in [2.24, 2.45) is 0 Å². The predicted octanol–water partition coefficient (Wildman–Crippen LogP) is 4.68. The Balaban J connectivity index is 2.07. The second kappa shape index (κ2) is 7.83. The monoisotopic (exact) mass is 411 g/mol. The third kappa shape index (κ3) is 3.91. The first-order valence-electron chi connectivity index (χ1n) is 9.47. The van der Waals surface area contributed by atoms with Crippen molar-refractivity contribution in [3.8, 4) is 17.6 Å². The van der Waals surface area contributed by atoms with E-state index in [0.29, 0.717) is 39.5 Å². The number of nitriles is 1. The number of ether oxygens (including phenoxy) is 1. The average Bonchev–Trinajstić information content (AvgIpc) is 2.89. The fourth-order valence-corrected chi connectivity index (χ4v) is 3.46. The fourth-order valence-electron chi connectivity index (χ4n) is 3.24. The van der Waals surface area contributed by atoms with E-state index >= 15 is 0 Å². The highest BCUT2D eigenvalue weighted by Gasteiger charge is 2.53. The minimum Gasteiger partial charge on any atom is -0.456 e. The van der Waals surface area contributed by atoms with E-state index in [0.717, 1.165) is 11.8 Å². The Kier molecular flexibility index (Phi) is 5.78. The van der Waals surface area contributed by atoms with Crippen LogP contribution in [-0.4, -0.2) is 24.6 Å². The van der Waals surface area contributed by atoms with E-state index in [2.05, 4.69) is 0 Å². The molecule has 1 aliphatic heterocycles. The fraction of sp³-hybridized carbons (Fsp3) is 0.364. The molecule has 0 amide bonds. The van der Waals surface area contributed by atoms with Gasteiger partial charge < -0.3 is 14.0 Å². The summed E-state index contributed by atoms with van der Waals surface area (Å²) in [7, 11) is -0.685. The summed E-state index contributed by atoms with van der Waals surface area (Å²) in [6.07, 6.45) is 1.41. The average molecular weight is 412 g/mol. The molecule has 0 saturated carbocycles. The van der Waals surface area contributed by atoms with Gasteiger partial charge in [0, 0.05) is 5.56 Å². The van der Waals surface area contributed by atoms with Gasteiger partial charge >= 0.3 is 7.12 Å². The van der Waals surface area contributed by atoms with Gasteiger partial charge in [-0.25, -0.2) is 0 Å². The number of nitrogens with zero attached hydrogens (tertiary/aromatic N) is 1. The highest BCUT2D eigenvalue weighted by Crippen LogP contribution is 2.38. The van der Waals surface area contributed by atoms with E-state index in [-0.39, 0.29) is 0 Å². The van der Waals surface area contributed by atoms with Crippen LogP contribution in [0.4, 0.5) is 0 Å². The van der Waals surface area contributed by atoms with Crippen LogP contribution in [0.1, 0.15) is 56.1 Å². The molecule has 0 atom stereocenters. The lowest BCUT2D eigenvalue weighted by atomic mass is 9.72. The summed E-state index contributed by atoms with van der Waals surface area (Å²) in [6, 6.07) is 10.3. The maximum atomic E-state index is 11.8. The normalized spacial score (nSPS) is 17.1. The molecule has 5 nitrogen and oxygen atoms in total. The predicted molar refractivity (Wildman–Crippen MR) is 113 cm³/mol. The molecule has 1 heterocycles. The molecular formula is C22H23BClNO4. The first-order valence-corrected chi connectivity index (χ1v) is 9.85. The largest absolute Gasteiger partial charge is 0.495 e. The van der Waals surface area contributed by atoms with E-state index in [9.17, 15) is 4.79 Å². The highest BCUT2D eigenvalue weighted by molar-refractivity contribution is 6.64. The molecule has 29 heavy (non-hydrogen) atoms. The molecule has 0 radical (unpaired) electrons. The Labute approximate surface area is 176 Å². The van der Waals surface area contributed by atoms with Gasteiger partial charge in [-0.05, 0) is 75.5 Å². The van der Waals surface area contributed by atoms with E-state index in [1.165, 1.54) is 0 Å². The van der Waals surface area contributed by atoms with Crippen LogP contribution in [0.3, 0.4) is 0 Å². The maximum absolute atomic E-state index is 11.8. The van der Waals surface area contributed by atoms with Crippen molar-refractivity contribution in [1.82, 2.24) is 0 Å². The molecule has 0 bridgehead atoms. The van der Waals surface area contributed by atoms with Crippen molar-refractivity contribution in [2.75, 3.05) is 0 Å². The molecule has 0 unspecified atom stereocenters. The number of carbonyl (C=O) groups excluding carboxylic acids is 1. The van der Waals surface area contributed by atoms with Crippen molar-refractivity contribution in [3.63, 3.8) is 0 Å². The summed E-state index contributed by atoms with van der Waals surface area (Å²) in [4.78, 5) is 11.8. The van der Waals surface area contributed by atoms with Crippen molar-refractivity contribution in [2.45, 2.75) is 52.2 Å². The lowest BCUT2D eigenvalue weighted by molar-refractivity contribution is 0.00578. The smallest absolute Gasteiger partial charge is 0.456 e. The number of hydrogen-bond acceptors (Lipinski definition) is 5. The molecule has 3 rings (SSSR count). The van der Waals surface area contributed by atoms with Gasteiger partial charge in [0.25, 0.3) is 0 Å². The van der Waals surface area contributed by atoms with Gasteiger partial charge in [-0.15, -0.1) is 0 Å². The van der Waals surface area contributed by atoms with Crippen LogP contribution in [0.5, 0.6) is 11.5 Å². The maximum Gasteiger partial charge on any atom is 0.495 e. The first-order chi connectivity index (χ1) is 13.6. The highest BCUT2D eigenvalue weighted by atomic mass is 35.5. The molecule has 7 heteroatoms. The van der Waals surface area contributed by atoms with Gasteiger partial charge in [-0.2, -0.15) is 5.26 Å². The summed E-state index contributed by atoms with van der Waals surface area (Å²) in [5, 5.41) is 9.35. The lowest BCUT2D eigenvalue weighted by Gasteiger charge is -2.32. The van der Waals surface area contributed by atoms with Crippen molar-refractivity contribution in [3.05, 3.63) is 52.0 Å². The van der Waals surface area contributed by atoms with Crippen molar-refractivity contribution < 1.29 is 18.8 Å². The van der Waals surface area contributed by atoms with Crippen LogP contribution in [0.25, 0.3) is 0 Å². The Bertz CT molecular complexity index is 981. The molecule has 2 aromatic carbocycles. The second-order valence-corrected chi connectivity index (χ2v) is 8.37. The van der Waals surface area contributed by atoms with Gasteiger partial charge in [0.2, 0.25) is 0 Å². The first kappa shape index (κ1) is 21.4. The van der Waals surface area contributed by atoms with Gasteiger partial charge in [0.1, 0.15) is 17.8 Å². The second-order valence-electron chi connectivity index (χ2n) is 7.96. The Morgan fingerprint density at radius 3 is 2.28 bits per heavy atom. The zero-order chi connectivity index (χ0) is 21.4. The number of rotatable bonds is 5. The zero-order valence-electron chi connectivity index (χ0n) is 17.2. The van der Waals surface area contributed by atoms with E-state index in [4.69, 9.17) is 30.9 Å². The van der Waals surface area contributed by atoms with Crippen LogP contribution in [0.2, 0.25) is 5.02 Å². The number of aldehydes is 1. The summed E-state index contributed by atoms with van der Waals surface area (Å²) < 4.78 is 18.5. The number of halogens is 1. The van der Waals surface area contributed by atoms with Crippen LogP contribution in [-0.2, 0) is 15.7 Å². The molecule has 150 valence electrons. The summed E-state index contributed by atoms with van der Waals surface area (Å²) in [6.45, 7) is 9.85. The SMILES string of the molecule is CCc1c(Oc2ccc(C#N)cc2Cl)ccc(C=O)c1B1OC(C)(C)C(C)(C)O1. The van der Waals surface area contributed by atoms with Gasteiger partial charge in [-0.1, -0.05) is 18.5 Å². The van der Waals surface area contributed by atoms with E-state index in [1.54, 1.807) is 30.3 Å². The Morgan fingerprint density at radius 1 is 1.14 bits per heavy atom. The molecule has 0 aromatic heterocycles. The minimum absolute atomic E-state index is 0.336. The van der Waals surface area contributed by atoms with Crippen LogP contribution < -0.4 is 10.2 Å².